The Kier molecular flexibility index (Phi) is 6.33. The first kappa shape index (κ1) is 16.0. The van der Waals surface area contributed by atoms with E-state index in [-0.39, 0.29) is 12.0 Å². The lowest BCUT2D eigenvalue weighted by atomic mass is 10.0. The Morgan fingerprint density at radius 2 is 2.11 bits per heavy atom. The van der Waals surface area contributed by atoms with Gasteiger partial charge in [0.05, 0.1) is 12.0 Å². The molecule has 4 heteroatoms. The summed E-state index contributed by atoms with van der Waals surface area (Å²) >= 11 is 3.54. The van der Waals surface area contributed by atoms with Crippen molar-refractivity contribution < 1.29 is 0 Å². The maximum absolute atomic E-state index is 9.01. The molecule has 0 saturated heterocycles. The van der Waals surface area contributed by atoms with E-state index >= 15 is 0 Å². The van der Waals surface area contributed by atoms with Gasteiger partial charge in [-0.3, -0.25) is 0 Å². The van der Waals surface area contributed by atoms with E-state index < -0.39 is 0 Å². The zero-order chi connectivity index (χ0) is 14.4. The molecule has 2 unspecified atom stereocenters. The summed E-state index contributed by atoms with van der Waals surface area (Å²) in [5, 5.41) is 12.3. The third kappa shape index (κ3) is 4.22. The molecule has 0 bridgehead atoms. The molecule has 0 heterocycles. The van der Waals surface area contributed by atoms with Crippen LogP contribution in [0, 0.1) is 17.2 Å². The second kappa shape index (κ2) is 7.52. The average Bonchev–Trinajstić information content (AvgIpc) is 2.43. The number of hydrogen-bond acceptors (Lipinski definition) is 3. The van der Waals surface area contributed by atoms with E-state index in [9.17, 15) is 0 Å². The molecule has 0 amide bonds. The van der Waals surface area contributed by atoms with Crippen LogP contribution in [0.2, 0.25) is 0 Å². The predicted molar refractivity (Wildman–Crippen MR) is 84.3 cm³/mol. The summed E-state index contributed by atoms with van der Waals surface area (Å²) in [7, 11) is 1.96. The van der Waals surface area contributed by atoms with Crippen molar-refractivity contribution in [1.82, 2.24) is 5.32 Å². The standard InChI is InChI=1S/C15H22BrN3/c1-5-19(10-11(2)9-17)15-8-13(16)6-7-14(15)12(3)18-4/h6-8,11-12,18H,5,10H2,1-4H3. The molecule has 1 N–H and O–H groups in total. The molecule has 3 nitrogen and oxygen atoms in total. The van der Waals surface area contributed by atoms with E-state index in [0.29, 0.717) is 0 Å². The number of nitriles is 1. The van der Waals surface area contributed by atoms with Crippen LogP contribution in [0.3, 0.4) is 0 Å². The van der Waals surface area contributed by atoms with Gasteiger partial charge in [-0.25, -0.2) is 0 Å². The maximum atomic E-state index is 9.01. The lowest BCUT2D eigenvalue weighted by Crippen LogP contribution is -2.29. The number of benzene rings is 1. The zero-order valence-corrected chi connectivity index (χ0v) is 13.7. The van der Waals surface area contributed by atoms with Gasteiger partial charge in [0, 0.05) is 29.3 Å². The van der Waals surface area contributed by atoms with Crippen LogP contribution in [0.4, 0.5) is 5.69 Å². The highest BCUT2D eigenvalue weighted by Gasteiger charge is 2.16. The SMILES string of the molecule is CCN(CC(C)C#N)c1cc(Br)ccc1C(C)NC. The topological polar surface area (TPSA) is 39.1 Å². The summed E-state index contributed by atoms with van der Waals surface area (Å²) in [6, 6.07) is 8.93. The normalized spacial score (nSPS) is 13.7. The first-order chi connectivity index (χ1) is 9.03. The van der Waals surface area contributed by atoms with Crippen LogP contribution in [-0.2, 0) is 0 Å². The first-order valence-corrected chi connectivity index (χ1v) is 7.44. The third-order valence-corrected chi connectivity index (χ3v) is 3.82. The fraction of sp³-hybridized carbons (Fsp3) is 0.533. The van der Waals surface area contributed by atoms with E-state index in [1.165, 1.54) is 11.3 Å². The van der Waals surface area contributed by atoms with Crippen molar-refractivity contribution in [1.29, 1.82) is 5.26 Å². The van der Waals surface area contributed by atoms with Crippen molar-refractivity contribution in [3.8, 4) is 6.07 Å². The van der Waals surface area contributed by atoms with Crippen LogP contribution in [0.15, 0.2) is 22.7 Å². The summed E-state index contributed by atoms with van der Waals surface area (Å²) in [4.78, 5) is 2.27. The average molecular weight is 324 g/mol. The van der Waals surface area contributed by atoms with Crippen LogP contribution >= 0.6 is 15.9 Å². The molecule has 1 rings (SSSR count). The van der Waals surface area contributed by atoms with Crippen molar-refractivity contribution in [2.24, 2.45) is 5.92 Å². The Morgan fingerprint density at radius 3 is 2.63 bits per heavy atom. The lowest BCUT2D eigenvalue weighted by molar-refractivity contribution is 0.637. The molecule has 0 aliphatic rings. The quantitative estimate of drug-likeness (QED) is 0.867. The fourth-order valence-electron chi connectivity index (χ4n) is 2.08. The van der Waals surface area contributed by atoms with Gasteiger partial charge >= 0.3 is 0 Å². The molecule has 0 spiro atoms. The number of hydrogen-bond donors (Lipinski definition) is 1. The minimum atomic E-state index is 0.0247. The molecule has 0 fully saturated rings. The highest BCUT2D eigenvalue weighted by Crippen LogP contribution is 2.30. The lowest BCUT2D eigenvalue weighted by Gasteiger charge is -2.29. The molecule has 1 aromatic carbocycles. The number of halogens is 1. The van der Waals surface area contributed by atoms with Gasteiger partial charge in [0.2, 0.25) is 0 Å². The monoisotopic (exact) mass is 323 g/mol. The fourth-order valence-corrected chi connectivity index (χ4v) is 2.43. The van der Waals surface area contributed by atoms with Crippen molar-refractivity contribution in [3.05, 3.63) is 28.2 Å². The summed E-state index contributed by atoms with van der Waals surface area (Å²) in [5.74, 6) is 0.0247. The Balaban J connectivity index is 3.14. The van der Waals surface area contributed by atoms with Crippen LogP contribution in [0.1, 0.15) is 32.4 Å². The molecule has 2 atom stereocenters. The van der Waals surface area contributed by atoms with Crippen LogP contribution in [-0.4, -0.2) is 20.1 Å². The summed E-state index contributed by atoms with van der Waals surface area (Å²) < 4.78 is 1.07. The molecule has 1 aromatic rings. The molecule has 0 aliphatic heterocycles. The van der Waals surface area contributed by atoms with E-state index in [0.717, 1.165) is 17.6 Å². The minimum absolute atomic E-state index is 0.0247. The van der Waals surface area contributed by atoms with E-state index in [1.54, 1.807) is 0 Å². The van der Waals surface area contributed by atoms with Crippen molar-refractivity contribution in [2.75, 3.05) is 25.0 Å². The van der Waals surface area contributed by atoms with Crippen LogP contribution in [0.5, 0.6) is 0 Å². The first-order valence-electron chi connectivity index (χ1n) is 6.64. The molecule has 0 radical (unpaired) electrons. The van der Waals surface area contributed by atoms with Crippen molar-refractivity contribution >= 4 is 21.6 Å². The molecular weight excluding hydrogens is 302 g/mol. The van der Waals surface area contributed by atoms with Gasteiger partial charge in [-0.1, -0.05) is 22.0 Å². The van der Waals surface area contributed by atoms with E-state index in [1.807, 2.05) is 14.0 Å². The van der Waals surface area contributed by atoms with Gasteiger partial charge in [-0.2, -0.15) is 5.26 Å². The predicted octanol–water partition coefficient (Wildman–Crippen LogP) is 3.72. The number of rotatable bonds is 6. The van der Waals surface area contributed by atoms with E-state index in [4.69, 9.17) is 5.26 Å². The highest BCUT2D eigenvalue weighted by molar-refractivity contribution is 9.10. The second-order valence-electron chi connectivity index (χ2n) is 4.78. The van der Waals surface area contributed by atoms with E-state index in [2.05, 4.69) is 64.3 Å². The Hall–Kier alpha value is -1.05. The highest BCUT2D eigenvalue weighted by atomic mass is 79.9. The van der Waals surface area contributed by atoms with Crippen LogP contribution < -0.4 is 10.2 Å². The summed E-state index contributed by atoms with van der Waals surface area (Å²) in [6.07, 6.45) is 0. The van der Waals surface area contributed by atoms with Gasteiger partial charge in [-0.05, 0) is 45.5 Å². The van der Waals surface area contributed by atoms with Crippen molar-refractivity contribution in [2.45, 2.75) is 26.8 Å². The second-order valence-corrected chi connectivity index (χ2v) is 5.70. The zero-order valence-electron chi connectivity index (χ0n) is 12.1. The smallest absolute Gasteiger partial charge is 0.0671 e. The molecule has 104 valence electrons. The Labute approximate surface area is 124 Å². The van der Waals surface area contributed by atoms with Gasteiger partial charge in [0.25, 0.3) is 0 Å². The van der Waals surface area contributed by atoms with Crippen molar-refractivity contribution in [3.63, 3.8) is 0 Å². The molecule has 0 aliphatic carbocycles. The molecule has 0 aromatic heterocycles. The molecular formula is C15H22BrN3. The molecule has 19 heavy (non-hydrogen) atoms. The minimum Gasteiger partial charge on any atom is -0.370 e. The number of nitrogens with one attached hydrogen (secondary N) is 1. The summed E-state index contributed by atoms with van der Waals surface area (Å²) in [5.41, 5.74) is 2.46. The van der Waals surface area contributed by atoms with Gasteiger partial charge in [-0.15, -0.1) is 0 Å². The largest absolute Gasteiger partial charge is 0.370 e. The van der Waals surface area contributed by atoms with Gasteiger partial charge in [0.15, 0.2) is 0 Å². The number of anilines is 1. The van der Waals surface area contributed by atoms with Gasteiger partial charge in [0.1, 0.15) is 0 Å². The van der Waals surface area contributed by atoms with Gasteiger partial charge < -0.3 is 10.2 Å². The third-order valence-electron chi connectivity index (χ3n) is 3.33. The molecule has 0 saturated carbocycles. The Morgan fingerprint density at radius 1 is 1.42 bits per heavy atom. The maximum Gasteiger partial charge on any atom is 0.0671 e. The van der Waals surface area contributed by atoms with Crippen LogP contribution in [0.25, 0.3) is 0 Å². The Bertz CT molecular complexity index is 453. The summed E-state index contributed by atoms with van der Waals surface area (Å²) in [6.45, 7) is 7.88. The number of nitrogens with zero attached hydrogens (tertiary/aromatic N) is 2.